The van der Waals surface area contributed by atoms with Gasteiger partial charge in [0.2, 0.25) is 0 Å². The molecule has 0 saturated carbocycles. The first-order chi connectivity index (χ1) is 12.6. The number of hydrogen-bond donors (Lipinski definition) is 1. The third-order valence-corrected chi connectivity index (χ3v) is 6.84. The number of nitrogens with one attached hydrogen (secondary N) is 1. The van der Waals surface area contributed by atoms with Crippen molar-refractivity contribution in [2.45, 2.75) is 16.7 Å². The lowest BCUT2D eigenvalue weighted by atomic mass is 9.95. The minimum absolute atomic E-state index is 0.0159. The van der Waals surface area contributed by atoms with E-state index in [1.165, 1.54) is 6.07 Å². The largest absolute Gasteiger partial charge is 0.480 e. The number of fused-ring (bicyclic) bond motifs is 1. The zero-order chi connectivity index (χ0) is 19.4. The van der Waals surface area contributed by atoms with E-state index in [-0.39, 0.29) is 6.54 Å². The predicted molar refractivity (Wildman–Crippen MR) is 96.3 cm³/mol. The van der Waals surface area contributed by atoms with Gasteiger partial charge in [-0.3, -0.25) is 4.31 Å². The van der Waals surface area contributed by atoms with Crippen LogP contribution in [-0.4, -0.2) is 33.7 Å². The molecule has 0 bridgehead atoms. The monoisotopic (exact) mass is 462 g/mol. The third kappa shape index (κ3) is 3.19. The van der Waals surface area contributed by atoms with Crippen LogP contribution < -0.4 is 14.4 Å². The minimum Gasteiger partial charge on any atom is -0.480 e. The SMILES string of the molecule is O=S(=O)(c1cccc(C(F)(F)F)c1)N1CC2(CNC2)Oc2ccc(Br)cc21. The summed E-state index contributed by atoms with van der Waals surface area (Å²) in [6.07, 6.45) is -4.63. The topological polar surface area (TPSA) is 58.6 Å². The van der Waals surface area contributed by atoms with Gasteiger partial charge in [-0.15, -0.1) is 0 Å². The molecule has 2 aromatic rings. The maximum Gasteiger partial charge on any atom is 0.416 e. The van der Waals surface area contributed by atoms with Crippen molar-refractivity contribution in [3.8, 4) is 5.75 Å². The molecule has 10 heteroatoms. The summed E-state index contributed by atoms with van der Waals surface area (Å²) in [5.41, 5.74) is -1.44. The van der Waals surface area contributed by atoms with Crippen LogP contribution in [0.25, 0.3) is 0 Å². The molecule has 0 atom stereocenters. The maximum atomic E-state index is 13.2. The Balaban J connectivity index is 1.83. The lowest BCUT2D eigenvalue weighted by molar-refractivity contribution is -0.137. The van der Waals surface area contributed by atoms with Crippen LogP contribution in [0.4, 0.5) is 18.9 Å². The molecule has 1 spiro atoms. The fourth-order valence-electron chi connectivity index (χ4n) is 3.15. The molecule has 5 nitrogen and oxygen atoms in total. The van der Waals surface area contributed by atoms with Crippen LogP contribution in [0.2, 0.25) is 0 Å². The van der Waals surface area contributed by atoms with Gasteiger partial charge in [-0.25, -0.2) is 8.42 Å². The van der Waals surface area contributed by atoms with Crippen molar-refractivity contribution < 1.29 is 26.3 Å². The molecule has 1 fully saturated rings. The number of rotatable bonds is 2. The summed E-state index contributed by atoms with van der Waals surface area (Å²) in [4.78, 5) is -0.410. The number of halogens is 4. The molecule has 2 aliphatic rings. The number of benzene rings is 2. The first kappa shape index (κ1) is 18.6. The van der Waals surface area contributed by atoms with Gasteiger partial charge < -0.3 is 10.1 Å². The molecular formula is C17H14BrF3N2O3S. The fraction of sp³-hybridized carbons (Fsp3) is 0.294. The second-order valence-corrected chi connectivity index (χ2v) is 9.32. The Morgan fingerprint density at radius 2 is 1.89 bits per heavy atom. The van der Waals surface area contributed by atoms with Crippen molar-refractivity contribution in [1.82, 2.24) is 5.32 Å². The molecule has 0 radical (unpaired) electrons. The first-order valence-electron chi connectivity index (χ1n) is 8.00. The molecule has 0 aliphatic carbocycles. The van der Waals surface area contributed by atoms with Crippen LogP contribution in [0.1, 0.15) is 5.56 Å². The van der Waals surface area contributed by atoms with Gasteiger partial charge in [-0.05, 0) is 36.4 Å². The van der Waals surface area contributed by atoms with Gasteiger partial charge >= 0.3 is 6.18 Å². The Kier molecular flexibility index (Phi) is 4.21. The summed E-state index contributed by atoms with van der Waals surface area (Å²) in [5.74, 6) is 0.376. The highest BCUT2D eigenvalue weighted by Gasteiger charge is 2.48. The van der Waals surface area contributed by atoms with E-state index in [9.17, 15) is 21.6 Å². The van der Waals surface area contributed by atoms with Gasteiger partial charge in [-0.1, -0.05) is 22.0 Å². The molecule has 2 aromatic carbocycles. The number of ether oxygens (including phenoxy) is 1. The van der Waals surface area contributed by atoms with Crippen molar-refractivity contribution >= 4 is 31.6 Å². The second kappa shape index (κ2) is 6.11. The highest BCUT2D eigenvalue weighted by atomic mass is 79.9. The maximum absolute atomic E-state index is 13.2. The number of hydrogen-bond acceptors (Lipinski definition) is 4. The van der Waals surface area contributed by atoms with E-state index in [4.69, 9.17) is 4.74 Å². The Labute approximate surface area is 162 Å². The van der Waals surface area contributed by atoms with Gasteiger partial charge in [0.1, 0.15) is 5.75 Å². The molecule has 0 unspecified atom stereocenters. The van der Waals surface area contributed by atoms with Gasteiger partial charge in [-0.2, -0.15) is 13.2 Å². The standard InChI is InChI=1S/C17H14BrF3N2O3S/c18-12-4-5-15-14(7-12)23(10-16(26-15)8-22-9-16)27(24,25)13-3-1-2-11(6-13)17(19,20)21/h1-7,22H,8-10H2. The van der Waals surface area contributed by atoms with Crippen molar-refractivity contribution in [2.75, 3.05) is 23.9 Å². The van der Waals surface area contributed by atoms with E-state index in [2.05, 4.69) is 21.2 Å². The van der Waals surface area contributed by atoms with Crippen LogP contribution in [0, 0.1) is 0 Å². The Morgan fingerprint density at radius 3 is 2.52 bits per heavy atom. The summed E-state index contributed by atoms with van der Waals surface area (Å²) in [6, 6.07) is 8.72. The average molecular weight is 463 g/mol. The molecule has 144 valence electrons. The lowest BCUT2D eigenvalue weighted by Crippen LogP contribution is -2.70. The summed E-state index contributed by atoms with van der Waals surface area (Å²) in [7, 11) is -4.22. The predicted octanol–water partition coefficient (Wildman–Crippen LogP) is 3.40. The van der Waals surface area contributed by atoms with E-state index in [1.54, 1.807) is 18.2 Å². The van der Waals surface area contributed by atoms with E-state index >= 15 is 0 Å². The minimum atomic E-state index is -4.63. The van der Waals surface area contributed by atoms with E-state index in [0.29, 0.717) is 35.1 Å². The van der Waals surface area contributed by atoms with Gasteiger partial charge in [0.05, 0.1) is 22.7 Å². The molecule has 1 N–H and O–H groups in total. The Bertz CT molecular complexity index is 1010. The van der Waals surface area contributed by atoms with Crippen LogP contribution in [-0.2, 0) is 16.2 Å². The zero-order valence-electron chi connectivity index (χ0n) is 13.8. The number of sulfonamides is 1. The summed E-state index contributed by atoms with van der Waals surface area (Å²) < 4.78 is 73.3. The molecular weight excluding hydrogens is 449 g/mol. The first-order valence-corrected chi connectivity index (χ1v) is 10.2. The van der Waals surface area contributed by atoms with E-state index < -0.39 is 32.3 Å². The van der Waals surface area contributed by atoms with Crippen molar-refractivity contribution in [3.05, 3.63) is 52.5 Å². The number of nitrogens with zero attached hydrogens (tertiary/aromatic N) is 1. The highest BCUT2D eigenvalue weighted by Crippen LogP contribution is 2.43. The quantitative estimate of drug-likeness (QED) is 0.742. The average Bonchev–Trinajstić information content (AvgIpc) is 2.59. The molecule has 1 saturated heterocycles. The smallest absolute Gasteiger partial charge is 0.416 e. The normalized spacial score (nSPS) is 18.6. The number of anilines is 1. The molecule has 2 heterocycles. The highest BCUT2D eigenvalue weighted by molar-refractivity contribution is 9.10. The third-order valence-electron chi connectivity index (χ3n) is 4.59. The van der Waals surface area contributed by atoms with Crippen molar-refractivity contribution in [3.63, 3.8) is 0 Å². The Hall–Kier alpha value is -1.78. The number of alkyl halides is 3. The summed E-state index contributed by atoms with van der Waals surface area (Å²) in [6.45, 7) is 0.927. The molecule has 4 rings (SSSR count). The summed E-state index contributed by atoms with van der Waals surface area (Å²) in [5, 5.41) is 3.05. The second-order valence-electron chi connectivity index (χ2n) is 6.54. The lowest BCUT2D eigenvalue weighted by Gasteiger charge is -2.49. The van der Waals surface area contributed by atoms with Crippen LogP contribution >= 0.6 is 15.9 Å². The van der Waals surface area contributed by atoms with Crippen LogP contribution in [0.3, 0.4) is 0 Å². The van der Waals surface area contributed by atoms with Crippen molar-refractivity contribution in [2.24, 2.45) is 0 Å². The van der Waals surface area contributed by atoms with E-state index in [1.807, 2.05) is 0 Å². The summed E-state index contributed by atoms with van der Waals surface area (Å²) >= 11 is 3.30. The molecule has 2 aliphatic heterocycles. The molecule has 0 amide bonds. The zero-order valence-corrected chi connectivity index (χ0v) is 16.2. The fourth-order valence-corrected chi connectivity index (χ4v) is 5.08. The van der Waals surface area contributed by atoms with Gasteiger partial charge in [0.15, 0.2) is 5.60 Å². The van der Waals surface area contributed by atoms with Gasteiger partial charge in [0.25, 0.3) is 10.0 Å². The van der Waals surface area contributed by atoms with Crippen LogP contribution in [0.15, 0.2) is 51.8 Å². The van der Waals surface area contributed by atoms with E-state index in [0.717, 1.165) is 16.4 Å². The van der Waals surface area contributed by atoms with Gasteiger partial charge in [0, 0.05) is 17.6 Å². The molecule has 0 aromatic heterocycles. The van der Waals surface area contributed by atoms with Crippen LogP contribution in [0.5, 0.6) is 5.75 Å². The molecule has 27 heavy (non-hydrogen) atoms. The van der Waals surface area contributed by atoms with Crippen molar-refractivity contribution in [1.29, 1.82) is 0 Å². The Morgan fingerprint density at radius 1 is 1.15 bits per heavy atom.